The van der Waals surface area contributed by atoms with E-state index in [0.717, 1.165) is 5.56 Å². The van der Waals surface area contributed by atoms with Gasteiger partial charge in [0.05, 0.1) is 13.2 Å². The maximum absolute atomic E-state index is 12.9. The predicted octanol–water partition coefficient (Wildman–Crippen LogP) is 1.74. The standard InChI is InChI=1S/C20H19N3O4/c1-2-27-17(24)12-22-19(25)16-11-15-9-6-10-21-18(15)23(20(16)26)13-14-7-4-3-5-8-14/h3-11H,2,12-13H2,1H3,(H,22,25). The normalized spacial score (nSPS) is 10.6. The number of hydrogen-bond acceptors (Lipinski definition) is 5. The molecule has 0 bridgehead atoms. The second kappa shape index (κ2) is 8.27. The topological polar surface area (TPSA) is 90.3 Å². The first-order valence-corrected chi connectivity index (χ1v) is 8.56. The molecule has 2 heterocycles. The predicted molar refractivity (Wildman–Crippen MR) is 101 cm³/mol. The number of esters is 1. The van der Waals surface area contributed by atoms with Crippen LogP contribution in [0.3, 0.4) is 0 Å². The minimum atomic E-state index is -0.624. The van der Waals surface area contributed by atoms with E-state index in [4.69, 9.17) is 4.74 Å². The van der Waals surface area contributed by atoms with Gasteiger partial charge in [-0.05, 0) is 30.7 Å². The molecular weight excluding hydrogens is 346 g/mol. The van der Waals surface area contributed by atoms with Gasteiger partial charge in [0.15, 0.2) is 0 Å². The van der Waals surface area contributed by atoms with Crippen molar-refractivity contribution in [3.05, 3.63) is 76.2 Å². The Morgan fingerprint density at radius 1 is 1.15 bits per heavy atom. The van der Waals surface area contributed by atoms with Crippen molar-refractivity contribution in [2.45, 2.75) is 13.5 Å². The molecule has 3 aromatic rings. The number of nitrogens with zero attached hydrogens (tertiary/aromatic N) is 2. The van der Waals surface area contributed by atoms with Gasteiger partial charge in [-0.1, -0.05) is 30.3 Å². The Hall–Kier alpha value is -3.48. The second-order valence-electron chi connectivity index (χ2n) is 5.84. The number of hydrogen-bond donors (Lipinski definition) is 1. The monoisotopic (exact) mass is 365 g/mol. The lowest BCUT2D eigenvalue weighted by atomic mass is 10.1. The molecule has 0 radical (unpaired) electrons. The van der Waals surface area contributed by atoms with Crippen LogP contribution in [-0.4, -0.2) is 34.6 Å². The van der Waals surface area contributed by atoms with Gasteiger partial charge in [0.2, 0.25) is 0 Å². The summed E-state index contributed by atoms with van der Waals surface area (Å²) in [6.45, 7) is 1.89. The van der Waals surface area contributed by atoms with Crippen molar-refractivity contribution >= 4 is 22.9 Å². The van der Waals surface area contributed by atoms with Gasteiger partial charge in [-0.15, -0.1) is 0 Å². The highest BCUT2D eigenvalue weighted by Gasteiger charge is 2.17. The van der Waals surface area contributed by atoms with E-state index in [1.165, 1.54) is 10.6 Å². The van der Waals surface area contributed by atoms with Gasteiger partial charge in [0.25, 0.3) is 11.5 Å². The first-order chi connectivity index (χ1) is 13.1. The third-order valence-corrected chi connectivity index (χ3v) is 3.97. The van der Waals surface area contributed by atoms with E-state index in [2.05, 4.69) is 10.3 Å². The number of aromatic nitrogens is 2. The van der Waals surface area contributed by atoms with Crippen molar-refractivity contribution in [2.24, 2.45) is 0 Å². The number of carbonyl (C=O) groups is 2. The quantitative estimate of drug-likeness (QED) is 0.672. The summed E-state index contributed by atoms with van der Waals surface area (Å²) in [5.74, 6) is -1.18. The third-order valence-electron chi connectivity index (χ3n) is 3.97. The molecule has 138 valence electrons. The number of nitrogens with one attached hydrogen (secondary N) is 1. The average Bonchev–Trinajstić information content (AvgIpc) is 2.69. The van der Waals surface area contributed by atoms with Gasteiger partial charge < -0.3 is 10.1 Å². The largest absolute Gasteiger partial charge is 0.465 e. The van der Waals surface area contributed by atoms with E-state index in [1.54, 1.807) is 25.3 Å². The Kier molecular flexibility index (Phi) is 5.61. The fraction of sp³-hybridized carbons (Fsp3) is 0.200. The molecule has 7 heteroatoms. The van der Waals surface area contributed by atoms with E-state index >= 15 is 0 Å². The van der Waals surface area contributed by atoms with Crippen LogP contribution >= 0.6 is 0 Å². The van der Waals surface area contributed by atoms with Crippen LogP contribution in [0.5, 0.6) is 0 Å². The summed E-state index contributed by atoms with van der Waals surface area (Å²) < 4.78 is 6.25. The maximum atomic E-state index is 12.9. The number of fused-ring (bicyclic) bond motifs is 1. The molecule has 1 aromatic carbocycles. The second-order valence-corrected chi connectivity index (χ2v) is 5.84. The van der Waals surface area contributed by atoms with Crippen LogP contribution in [0.4, 0.5) is 0 Å². The first-order valence-electron chi connectivity index (χ1n) is 8.56. The minimum absolute atomic E-state index is 0.0456. The molecule has 1 N–H and O–H groups in total. The Morgan fingerprint density at radius 2 is 1.93 bits per heavy atom. The minimum Gasteiger partial charge on any atom is -0.465 e. The summed E-state index contributed by atoms with van der Waals surface area (Å²) in [6, 6.07) is 14.5. The molecule has 0 aliphatic rings. The first kappa shape index (κ1) is 18.3. The van der Waals surface area contributed by atoms with Gasteiger partial charge >= 0.3 is 5.97 Å². The number of benzene rings is 1. The molecule has 3 rings (SSSR count). The summed E-state index contributed by atoms with van der Waals surface area (Å²) in [6.07, 6.45) is 1.60. The number of rotatable bonds is 6. The van der Waals surface area contributed by atoms with E-state index < -0.39 is 17.4 Å². The molecular formula is C20H19N3O4. The van der Waals surface area contributed by atoms with Crippen molar-refractivity contribution in [1.82, 2.24) is 14.9 Å². The summed E-state index contributed by atoms with van der Waals surface area (Å²) in [5, 5.41) is 3.09. The molecule has 0 saturated heterocycles. The van der Waals surface area contributed by atoms with E-state index in [0.29, 0.717) is 11.0 Å². The fourth-order valence-corrected chi connectivity index (χ4v) is 2.74. The Bertz CT molecular complexity index is 1030. The van der Waals surface area contributed by atoms with Gasteiger partial charge in [0.1, 0.15) is 17.8 Å². The zero-order valence-corrected chi connectivity index (χ0v) is 14.8. The lowest BCUT2D eigenvalue weighted by Crippen LogP contribution is -2.36. The summed E-state index contributed by atoms with van der Waals surface area (Å²) in [5.41, 5.74) is 0.895. The third kappa shape index (κ3) is 4.20. The number of amides is 1. The van der Waals surface area contributed by atoms with Crippen LogP contribution in [0.15, 0.2) is 59.5 Å². The molecule has 2 aromatic heterocycles. The SMILES string of the molecule is CCOC(=O)CNC(=O)c1cc2cccnc2n(Cc2ccccc2)c1=O. The van der Waals surface area contributed by atoms with Crippen molar-refractivity contribution in [2.75, 3.05) is 13.2 Å². The van der Waals surface area contributed by atoms with Crippen LogP contribution in [0, 0.1) is 0 Å². The zero-order valence-electron chi connectivity index (χ0n) is 14.8. The molecule has 0 aliphatic heterocycles. The van der Waals surface area contributed by atoms with Gasteiger partial charge in [-0.2, -0.15) is 0 Å². The van der Waals surface area contributed by atoms with Gasteiger partial charge in [0, 0.05) is 11.6 Å². The highest BCUT2D eigenvalue weighted by Crippen LogP contribution is 2.13. The molecule has 7 nitrogen and oxygen atoms in total. The fourth-order valence-electron chi connectivity index (χ4n) is 2.74. The number of ether oxygens (including phenoxy) is 1. The summed E-state index contributed by atoms with van der Waals surface area (Å²) in [7, 11) is 0. The van der Waals surface area contributed by atoms with Crippen molar-refractivity contribution < 1.29 is 14.3 Å². The summed E-state index contributed by atoms with van der Waals surface area (Å²) in [4.78, 5) is 41.2. The van der Waals surface area contributed by atoms with E-state index in [9.17, 15) is 14.4 Å². The van der Waals surface area contributed by atoms with Crippen LogP contribution in [0.1, 0.15) is 22.8 Å². The Morgan fingerprint density at radius 3 is 2.67 bits per heavy atom. The molecule has 1 amide bonds. The maximum Gasteiger partial charge on any atom is 0.325 e. The number of pyridine rings is 2. The van der Waals surface area contributed by atoms with Crippen LogP contribution < -0.4 is 10.9 Å². The highest BCUT2D eigenvalue weighted by atomic mass is 16.5. The van der Waals surface area contributed by atoms with Crippen molar-refractivity contribution in [1.29, 1.82) is 0 Å². The van der Waals surface area contributed by atoms with Crippen LogP contribution in [0.2, 0.25) is 0 Å². The lowest BCUT2D eigenvalue weighted by molar-refractivity contribution is -0.141. The Labute approximate surface area is 155 Å². The van der Waals surface area contributed by atoms with Crippen molar-refractivity contribution in [3.8, 4) is 0 Å². The molecule has 0 saturated carbocycles. The van der Waals surface area contributed by atoms with Gasteiger partial charge in [-0.25, -0.2) is 4.98 Å². The van der Waals surface area contributed by atoms with Crippen LogP contribution in [0.25, 0.3) is 11.0 Å². The van der Waals surface area contributed by atoms with E-state index in [-0.39, 0.29) is 25.3 Å². The summed E-state index contributed by atoms with van der Waals surface area (Å²) >= 11 is 0. The lowest BCUT2D eigenvalue weighted by Gasteiger charge is -2.12. The smallest absolute Gasteiger partial charge is 0.325 e. The molecule has 0 atom stereocenters. The Balaban J connectivity index is 1.99. The number of carbonyl (C=O) groups excluding carboxylic acids is 2. The van der Waals surface area contributed by atoms with Crippen LogP contribution in [-0.2, 0) is 16.1 Å². The molecule has 0 aliphatic carbocycles. The van der Waals surface area contributed by atoms with Gasteiger partial charge in [-0.3, -0.25) is 19.0 Å². The molecule has 27 heavy (non-hydrogen) atoms. The van der Waals surface area contributed by atoms with E-state index in [1.807, 2.05) is 30.3 Å². The zero-order chi connectivity index (χ0) is 19.2. The average molecular weight is 365 g/mol. The van der Waals surface area contributed by atoms with Crippen molar-refractivity contribution in [3.63, 3.8) is 0 Å². The molecule has 0 unspecified atom stereocenters. The molecule has 0 fully saturated rings. The molecule has 0 spiro atoms. The highest BCUT2D eigenvalue weighted by molar-refractivity contribution is 5.98.